The lowest BCUT2D eigenvalue weighted by Gasteiger charge is -2.39. The average molecular weight is 513 g/mol. The standard InChI is InChI=1S/C28H36N2O5S/c1-28(2,3)35-27(32)29-17-15-25(16-18-29)30(24-13-14-24)26(31)23-11-9-22(10-12-23)21-7-5-20(6-8-21)19-36(4,33)34/h5-12,24-25H,13-19H2,1-4H3. The molecule has 0 bridgehead atoms. The molecule has 2 amide bonds. The maximum Gasteiger partial charge on any atom is 0.410 e. The van der Waals surface area contributed by atoms with Gasteiger partial charge in [0.1, 0.15) is 5.60 Å². The molecule has 0 radical (unpaired) electrons. The first-order valence-corrected chi connectivity index (χ1v) is 14.6. The Morgan fingerprint density at radius 1 is 0.889 bits per heavy atom. The molecule has 194 valence electrons. The Labute approximate surface area is 214 Å². The van der Waals surface area contributed by atoms with Crippen LogP contribution >= 0.6 is 0 Å². The molecule has 2 aromatic carbocycles. The summed E-state index contributed by atoms with van der Waals surface area (Å²) in [6.45, 7) is 6.77. The normalized spacial score (nSPS) is 17.1. The highest BCUT2D eigenvalue weighted by molar-refractivity contribution is 7.89. The highest BCUT2D eigenvalue weighted by atomic mass is 32.2. The second kappa shape index (κ2) is 10.2. The molecule has 1 saturated heterocycles. The van der Waals surface area contributed by atoms with Crippen LogP contribution in [-0.2, 0) is 20.3 Å². The number of piperidine rings is 1. The molecule has 0 unspecified atom stereocenters. The molecule has 0 atom stereocenters. The van der Waals surface area contributed by atoms with E-state index in [2.05, 4.69) is 0 Å². The van der Waals surface area contributed by atoms with Gasteiger partial charge >= 0.3 is 6.09 Å². The van der Waals surface area contributed by atoms with Crippen molar-refractivity contribution in [3.8, 4) is 11.1 Å². The Morgan fingerprint density at radius 2 is 1.39 bits per heavy atom. The Bertz CT molecular complexity index is 1190. The van der Waals surface area contributed by atoms with Gasteiger partial charge in [-0.15, -0.1) is 0 Å². The third-order valence-electron chi connectivity index (χ3n) is 6.53. The lowest BCUT2D eigenvalue weighted by atomic mass is 10.00. The lowest BCUT2D eigenvalue weighted by Crippen LogP contribution is -2.50. The lowest BCUT2D eigenvalue weighted by molar-refractivity contribution is 0.0142. The quantitative estimate of drug-likeness (QED) is 0.550. The van der Waals surface area contributed by atoms with E-state index < -0.39 is 15.4 Å². The molecule has 2 fully saturated rings. The summed E-state index contributed by atoms with van der Waals surface area (Å²) in [7, 11) is -3.07. The summed E-state index contributed by atoms with van der Waals surface area (Å²) in [5.74, 6) is 0.0669. The van der Waals surface area contributed by atoms with Crippen molar-refractivity contribution in [1.82, 2.24) is 9.80 Å². The summed E-state index contributed by atoms with van der Waals surface area (Å²) in [6, 6.07) is 15.5. The number of hydrogen-bond donors (Lipinski definition) is 0. The van der Waals surface area contributed by atoms with Gasteiger partial charge < -0.3 is 14.5 Å². The second-order valence-corrected chi connectivity index (χ2v) is 13.1. The molecule has 1 heterocycles. The first kappa shape index (κ1) is 26.2. The van der Waals surface area contributed by atoms with E-state index in [1.54, 1.807) is 4.90 Å². The van der Waals surface area contributed by atoms with Gasteiger partial charge in [0, 0.05) is 37.0 Å². The molecular formula is C28H36N2O5S. The van der Waals surface area contributed by atoms with Gasteiger partial charge in [0.15, 0.2) is 9.84 Å². The SMILES string of the molecule is CC(C)(C)OC(=O)N1CCC(N(C(=O)c2ccc(-c3ccc(CS(C)(=O)=O)cc3)cc2)C2CC2)CC1. The average Bonchev–Trinajstić information content (AvgIpc) is 3.63. The van der Waals surface area contributed by atoms with Gasteiger partial charge in [0.2, 0.25) is 0 Å². The highest BCUT2D eigenvalue weighted by Crippen LogP contribution is 2.34. The highest BCUT2D eigenvalue weighted by Gasteiger charge is 2.39. The van der Waals surface area contributed by atoms with Gasteiger partial charge in [-0.25, -0.2) is 13.2 Å². The number of carbonyl (C=O) groups excluding carboxylic acids is 2. The van der Waals surface area contributed by atoms with Crippen LogP contribution in [0.15, 0.2) is 48.5 Å². The van der Waals surface area contributed by atoms with Crippen molar-refractivity contribution in [3.63, 3.8) is 0 Å². The molecule has 8 heteroatoms. The first-order chi connectivity index (χ1) is 16.9. The summed E-state index contributed by atoms with van der Waals surface area (Å²) in [5, 5.41) is 0. The number of ether oxygens (including phenoxy) is 1. The minimum atomic E-state index is -3.07. The molecule has 2 aromatic rings. The van der Waals surface area contributed by atoms with Gasteiger partial charge in [-0.1, -0.05) is 36.4 Å². The van der Waals surface area contributed by atoms with E-state index >= 15 is 0 Å². The molecule has 0 N–H and O–H groups in total. The van der Waals surface area contributed by atoms with Crippen LogP contribution in [0.5, 0.6) is 0 Å². The van der Waals surface area contributed by atoms with Crippen molar-refractivity contribution < 1.29 is 22.7 Å². The smallest absolute Gasteiger partial charge is 0.410 e. The molecule has 0 aromatic heterocycles. The van der Waals surface area contributed by atoms with E-state index in [0.717, 1.165) is 42.4 Å². The van der Waals surface area contributed by atoms with E-state index in [-0.39, 0.29) is 29.8 Å². The van der Waals surface area contributed by atoms with E-state index in [9.17, 15) is 18.0 Å². The van der Waals surface area contributed by atoms with E-state index in [1.165, 1.54) is 6.26 Å². The molecule has 4 rings (SSSR count). The molecule has 1 aliphatic carbocycles. The van der Waals surface area contributed by atoms with Crippen LogP contribution in [0.25, 0.3) is 11.1 Å². The van der Waals surface area contributed by atoms with Crippen LogP contribution < -0.4 is 0 Å². The van der Waals surface area contributed by atoms with Crippen molar-refractivity contribution in [3.05, 3.63) is 59.7 Å². The largest absolute Gasteiger partial charge is 0.444 e. The number of benzene rings is 2. The predicted octanol–water partition coefficient (Wildman–Crippen LogP) is 4.90. The molecular weight excluding hydrogens is 476 g/mol. The Kier molecular flexibility index (Phi) is 7.46. The fraction of sp³-hybridized carbons (Fsp3) is 0.500. The third kappa shape index (κ3) is 6.87. The van der Waals surface area contributed by atoms with Crippen molar-refractivity contribution >= 4 is 21.8 Å². The van der Waals surface area contributed by atoms with Crippen molar-refractivity contribution in [2.75, 3.05) is 19.3 Å². The van der Waals surface area contributed by atoms with Crippen molar-refractivity contribution in [2.45, 2.75) is 69.9 Å². The second-order valence-electron chi connectivity index (χ2n) is 11.0. The number of likely N-dealkylation sites (tertiary alicyclic amines) is 1. The minimum Gasteiger partial charge on any atom is -0.444 e. The van der Waals surface area contributed by atoms with Crippen LogP contribution in [0.1, 0.15) is 62.4 Å². The number of rotatable bonds is 6. The molecule has 1 saturated carbocycles. The van der Waals surface area contributed by atoms with Crippen LogP contribution in [0.2, 0.25) is 0 Å². The summed E-state index contributed by atoms with van der Waals surface area (Å²) in [5.41, 5.74) is 2.84. The number of amides is 2. The van der Waals surface area contributed by atoms with E-state index in [1.807, 2.05) is 74.2 Å². The predicted molar refractivity (Wildman–Crippen MR) is 140 cm³/mol. The third-order valence-corrected chi connectivity index (χ3v) is 7.39. The van der Waals surface area contributed by atoms with Gasteiger partial charge in [-0.2, -0.15) is 0 Å². The number of carbonyl (C=O) groups is 2. The van der Waals surface area contributed by atoms with Crippen LogP contribution in [-0.4, -0.2) is 67.2 Å². The van der Waals surface area contributed by atoms with Gasteiger partial charge in [-0.05, 0) is 75.3 Å². The Balaban J connectivity index is 1.40. The monoisotopic (exact) mass is 512 g/mol. The van der Waals surface area contributed by atoms with Gasteiger partial charge in [0.05, 0.1) is 5.75 Å². The van der Waals surface area contributed by atoms with Gasteiger partial charge in [0.25, 0.3) is 5.91 Å². The number of nitrogens with zero attached hydrogens (tertiary/aromatic N) is 2. The minimum absolute atomic E-state index is 0.0222. The van der Waals surface area contributed by atoms with Gasteiger partial charge in [-0.3, -0.25) is 4.79 Å². The fourth-order valence-electron chi connectivity index (χ4n) is 4.69. The van der Waals surface area contributed by atoms with Crippen molar-refractivity contribution in [2.24, 2.45) is 0 Å². The summed E-state index contributed by atoms with van der Waals surface area (Å²) >= 11 is 0. The van der Waals surface area contributed by atoms with E-state index in [0.29, 0.717) is 18.7 Å². The van der Waals surface area contributed by atoms with Crippen LogP contribution in [0.3, 0.4) is 0 Å². The zero-order valence-electron chi connectivity index (χ0n) is 21.6. The summed E-state index contributed by atoms with van der Waals surface area (Å²) in [4.78, 5) is 29.7. The van der Waals surface area contributed by atoms with Crippen molar-refractivity contribution in [1.29, 1.82) is 0 Å². The molecule has 2 aliphatic rings. The number of hydrogen-bond acceptors (Lipinski definition) is 5. The summed E-state index contributed by atoms with van der Waals surface area (Å²) < 4.78 is 28.5. The van der Waals surface area contributed by atoms with Crippen LogP contribution in [0, 0.1) is 0 Å². The Morgan fingerprint density at radius 3 is 1.86 bits per heavy atom. The maximum absolute atomic E-state index is 13.5. The number of sulfone groups is 1. The zero-order chi connectivity index (χ0) is 26.1. The Hall–Kier alpha value is -2.87. The summed E-state index contributed by atoms with van der Waals surface area (Å²) in [6.07, 6.45) is 4.49. The molecule has 0 spiro atoms. The molecule has 1 aliphatic heterocycles. The molecule has 36 heavy (non-hydrogen) atoms. The first-order valence-electron chi connectivity index (χ1n) is 12.6. The fourth-order valence-corrected chi connectivity index (χ4v) is 5.48. The topological polar surface area (TPSA) is 84.0 Å². The molecule has 7 nitrogen and oxygen atoms in total. The zero-order valence-corrected chi connectivity index (χ0v) is 22.4. The maximum atomic E-state index is 13.5. The van der Waals surface area contributed by atoms with Crippen LogP contribution in [0.4, 0.5) is 4.79 Å². The van der Waals surface area contributed by atoms with E-state index in [4.69, 9.17) is 4.74 Å².